The summed E-state index contributed by atoms with van der Waals surface area (Å²) in [5.41, 5.74) is 1.21. The number of nitrogens with one attached hydrogen (secondary N) is 1. The molecule has 1 aliphatic rings. The van der Waals surface area contributed by atoms with E-state index in [1.54, 1.807) is 12.1 Å². The van der Waals surface area contributed by atoms with Crippen LogP contribution in [0, 0.1) is 5.92 Å². The molecule has 0 spiro atoms. The Balaban J connectivity index is 0.00000242. The molecule has 126 valence electrons. The maximum atomic E-state index is 12.3. The predicted molar refractivity (Wildman–Crippen MR) is 92.1 cm³/mol. The number of hydrogen-bond acceptors (Lipinski definition) is 3. The topological polar surface area (TPSA) is 15.3 Å². The van der Waals surface area contributed by atoms with Gasteiger partial charge in [0.15, 0.2) is 0 Å². The van der Waals surface area contributed by atoms with Gasteiger partial charge in [-0.2, -0.15) is 8.78 Å². The third kappa shape index (κ3) is 6.82. The van der Waals surface area contributed by atoms with Crippen LogP contribution in [0.15, 0.2) is 29.2 Å². The Morgan fingerprint density at radius 2 is 1.86 bits per heavy atom. The molecule has 1 heterocycles. The van der Waals surface area contributed by atoms with Crippen LogP contribution in [0.2, 0.25) is 0 Å². The van der Waals surface area contributed by atoms with Crippen molar-refractivity contribution >= 4 is 24.2 Å². The maximum Gasteiger partial charge on any atom is 0.288 e. The van der Waals surface area contributed by atoms with Gasteiger partial charge in [0, 0.05) is 11.4 Å². The minimum Gasteiger partial charge on any atom is -0.320 e. The molecule has 0 bridgehead atoms. The molecule has 22 heavy (non-hydrogen) atoms. The third-order valence-electron chi connectivity index (χ3n) is 4.06. The van der Waals surface area contributed by atoms with Crippen molar-refractivity contribution in [3.05, 3.63) is 29.8 Å². The van der Waals surface area contributed by atoms with Gasteiger partial charge >= 0.3 is 0 Å². The number of halogens is 3. The summed E-state index contributed by atoms with van der Waals surface area (Å²) >= 11 is 0.608. The molecule has 0 atom stereocenters. The highest BCUT2D eigenvalue weighted by molar-refractivity contribution is 7.99. The van der Waals surface area contributed by atoms with Gasteiger partial charge in [0.1, 0.15) is 0 Å². The van der Waals surface area contributed by atoms with E-state index in [0.717, 1.165) is 32.1 Å². The Hall–Kier alpha value is -0.360. The molecule has 6 heteroatoms. The summed E-state index contributed by atoms with van der Waals surface area (Å²) in [5, 5.41) is 3.22. The smallest absolute Gasteiger partial charge is 0.288 e. The largest absolute Gasteiger partial charge is 0.320 e. The van der Waals surface area contributed by atoms with Crippen LogP contribution in [0.5, 0.6) is 0 Å². The molecular formula is C16H25ClF2N2S. The fourth-order valence-corrected chi connectivity index (χ4v) is 3.32. The first-order valence-corrected chi connectivity index (χ1v) is 8.46. The van der Waals surface area contributed by atoms with E-state index >= 15 is 0 Å². The summed E-state index contributed by atoms with van der Waals surface area (Å²) in [6.45, 7) is 4.32. The number of likely N-dealkylation sites (tertiary alicyclic amines) is 1. The first kappa shape index (κ1) is 19.7. The minimum absolute atomic E-state index is 0. The standard InChI is InChI=1S/C16H24F2N2S.ClH/c1-19-9-6-13-7-10-20(11-8-13)12-14-2-4-15(5-3-14)21-16(17)18;/h2-5,13,16,19H,6-12H2,1H3;1H. The molecule has 1 N–H and O–H groups in total. The lowest BCUT2D eigenvalue weighted by Crippen LogP contribution is -2.34. The van der Waals surface area contributed by atoms with Gasteiger partial charge in [-0.15, -0.1) is 12.4 Å². The SMILES string of the molecule is CNCCC1CCN(Cc2ccc(SC(F)F)cc2)CC1.Cl. The number of rotatable bonds is 7. The van der Waals surface area contributed by atoms with Gasteiger partial charge in [0.25, 0.3) is 5.76 Å². The van der Waals surface area contributed by atoms with Crippen LogP contribution >= 0.6 is 24.2 Å². The van der Waals surface area contributed by atoms with Crippen molar-refractivity contribution in [2.75, 3.05) is 26.7 Å². The van der Waals surface area contributed by atoms with Crippen LogP contribution < -0.4 is 5.32 Å². The summed E-state index contributed by atoms with van der Waals surface area (Å²) in [5.74, 6) is -1.49. The van der Waals surface area contributed by atoms with Crippen molar-refractivity contribution in [2.45, 2.75) is 36.5 Å². The Bertz CT molecular complexity index is 409. The fourth-order valence-electron chi connectivity index (χ4n) is 2.82. The van der Waals surface area contributed by atoms with E-state index in [-0.39, 0.29) is 12.4 Å². The van der Waals surface area contributed by atoms with Gasteiger partial charge < -0.3 is 5.32 Å². The molecule has 1 fully saturated rings. The lowest BCUT2D eigenvalue weighted by atomic mass is 9.93. The molecule has 1 aromatic rings. The molecule has 0 saturated carbocycles. The van der Waals surface area contributed by atoms with Crippen LogP contribution in [0.4, 0.5) is 8.78 Å². The van der Waals surface area contributed by atoms with Crippen molar-refractivity contribution in [1.82, 2.24) is 10.2 Å². The lowest BCUT2D eigenvalue weighted by Gasteiger charge is -2.32. The second-order valence-corrected chi connectivity index (χ2v) is 6.70. The Morgan fingerprint density at radius 1 is 1.23 bits per heavy atom. The highest BCUT2D eigenvalue weighted by atomic mass is 35.5. The van der Waals surface area contributed by atoms with E-state index in [1.165, 1.54) is 24.8 Å². The molecule has 2 nitrogen and oxygen atoms in total. The molecule has 0 amide bonds. The number of thioether (sulfide) groups is 1. The van der Waals surface area contributed by atoms with Crippen LogP contribution in [0.3, 0.4) is 0 Å². The minimum atomic E-state index is -2.34. The molecule has 2 rings (SSSR count). The van der Waals surface area contributed by atoms with Crippen molar-refractivity contribution in [3.63, 3.8) is 0 Å². The quantitative estimate of drug-likeness (QED) is 0.740. The van der Waals surface area contributed by atoms with E-state index < -0.39 is 5.76 Å². The van der Waals surface area contributed by atoms with Crippen LogP contribution in [0.1, 0.15) is 24.8 Å². The molecule has 1 saturated heterocycles. The van der Waals surface area contributed by atoms with E-state index in [1.807, 2.05) is 19.2 Å². The van der Waals surface area contributed by atoms with Crippen LogP contribution in [0.25, 0.3) is 0 Å². The molecule has 0 aromatic heterocycles. The highest BCUT2D eigenvalue weighted by Gasteiger charge is 2.18. The maximum absolute atomic E-state index is 12.3. The van der Waals surface area contributed by atoms with Crippen LogP contribution in [-0.2, 0) is 6.54 Å². The van der Waals surface area contributed by atoms with E-state index in [9.17, 15) is 8.78 Å². The van der Waals surface area contributed by atoms with Crippen molar-refractivity contribution in [1.29, 1.82) is 0 Å². The predicted octanol–water partition coefficient (Wildman–Crippen LogP) is 4.24. The van der Waals surface area contributed by atoms with Gasteiger partial charge in [-0.25, -0.2) is 0 Å². The molecule has 0 radical (unpaired) electrons. The normalized spacial score (nSPS) is 16.7. The molecule has 1 aromatic carbocycles. The first-order valence-electron chi connectivity index (χ1n) is 7.58. The number of alkyl halides is 2. The van der Waals surface area contributed by atoms with E-state index in [0.29, 0.717) is 16.7 Å². The van der Waals surface area contributed by atoms with Gasteiger partial charge in [-0.3, -0.25) is 4.90 Å². The zero-order chi connectivity index (χ0) is 15.1. The van der Waals surface area contributed by atoms with Gasteiger partial charge in [0.2, 0.25) is 0 Å². The average molecular weight is 351 g/mol. The zero-order valence-electron chi connectivity index (χ0n) is 12.9. The van der Waals surface area contributed by atoms with Crippen molar-refractivity contribution in [2.24, 2.45) is 5.92 Å². The summed E-state index contributed by atoms with van der Waals surface area (Å²) in [6, 6.07) is 7.53. The summed E-state index contributed by atoms with van der Waals surface area (Å²) < 4.78 is 24.5. The van der Waals surface area contributed by atoms with Gasteiger partial charge in [-0.1, -0.05) is 23.9 Å². The van der Waals surface area contributed by atoms with Crippen molar-refractivity contribution < 1.29 is 8.78 Å². The number of piperidine rings is 1. The Morgan fingerprint density at radius 3 is 2.41 bits per heavy atom. The van der Waals surface area contributed by atoms with Crippen molar-refractivity contribution in [3.8, 4) is 0 Å². The van der Waals surface area contributed by atoms with Gasteiger partial charge in [0.05, 0.1) is 0 Å². The highest BCUT2D eigenvalue weighted by Crippen LogP contribution is 2.26. The Labute approximate surface area is 142 Å². The molecule has 1 aliphatic heterocycles. The van der Waals surface area contributed by atoms with Crippen LogP contribution in [-0.4, -0.2) is 37.3 Å². The zero-order valence-corrected chi connectivity index (χ0v) is 14.6. The number of nitrogens with zero attached hydrogens (tertiary/aromatic N) is 1. The second-order valence-electron chi connectivity index (χ2n) is 5.63. The molecule has 0 unspecified atom stereocenters. The number of hydrogen-bond donors (Lipinski definition) is 1. The Kier molecular flexibility index (Phi) is 9.33. The third-order valence-corrected chi connectivity index (χ3v) is 4.79. The van der Waals surface area contributed by atoms with E-state index in [4.69, 9.17) is 0 Å². The summed E-state index contributed by atoms with van der Waals surface area (Å²) in [7, 11) is 2.01. The first-order chi connectivity index (χ1) is 10.2. The summed E-state index contributed by atoms with van der Waals surface area (Å²) in [6.07, 6.45) is 3.80. The number of benzene rings is 1. The van der Waals surface area contributed by atoms with E-state index in [2.05, 4.69) is 10.2 Å². The monoisotopic (exact) mass is 350 g/mol. The second kappa shape index (κ2) is 10.4. The van der Waals surface area contributed by atoms with Gasteiger partial charge in [-0.05, 0) is 69.6 Å². The fraction of sp³-hybridized carbons (Fsp3) is 0.625. The lowest BCUT2D eigenvalue weighted by molar-refractivity contribution is 0.172. The molecule has 0 aliphatic carbocycles. The molecular weight excluding hydrogens is 326 g/mol. The summed E-state index contributed by atoms with van der Waals surface area (Å²) in [4.78, 5) is 3.10. The average Bonchev–Trinajstić information content (AvgIpc) is 2.48.